The molecule has 4 rings (SSSR count). The number of rotatable bonds is 3. The molecular weight excluding hydrogens is 525 g/mol. The molecule has 30 heavy (non-hydrogen) atoms. The van der Waals surface area contributed by atoms with Gasteiger partial charge in [-0.3, -0.25) is 9.13 Å². The molecule has 3 nitrogen and oxygen atoms in total. The van der Waals surface area contributed by atoms with Crippen LogP contribution >= 0.6 is 31.9 Å². The van der Waals surface area contributed by atoms with E-state index in [-0.39, 0.29) is 5.69 Å². The summed E-state index contributed by atoms with van der Waals surface area (Å²) < 4.78 is 44.3. The van der Waals surface area contributed by atoms with Gasteiger partial charge < -0.3 is 0 Å². The number of nitrogens with zero attached hydrogens (tertiary/aromatic N) is 2. The summed E-state index contributed by atoms with van der Waals surface area (Å²) in [5.74, 6) is 0. The van der Waals surface area contributed by atoms with Crippen LogP contribution in [0.2, 0.25) is 0 Å². The molecule has 8 heteroatoms. The SMILES string of the molecule is O=c1n(-c2ccc(Br)cc2)cc(-c2cccc(C(F)(F)F)c2)n1-c1ccc(Br)cc1. The number of imidazole rings is 1. The Morgan fingerprint density at radius 1 is 0.767 bits per heavy atom. The van der Waals surface area contributed by atoms with E-state index in [4.69, 9.17) is 0 Å². The molecule has 0 aliphatic heterocycles. The zero-order valence-corrected chi connectivity index (χ0v) is 18.4. The van der Waals surface area contributed by atoms with Gasteiger partial charge >= 0.3 is 11.9 Å². The fourth-order valence-corrected chi connectivity index (χ4v) is 3.66. The van der Waals surface area contributed by atoms with E-state index in [0.29, 0.717) is 22.6 Å². The summed E-state index contributed by atoms with van der Waals surface area (Å²) in [6, 6.07) is 19.1. The molecule has 1 aromatic heterocycles. The van der Waals surface area contributed by atoms with Gasteiger partial charge in [-0.25, -0.2) is 4.79 Å². The third-order valence-corrected chi connectivity index (χ3v) is 5.62. The molecule has 4 aromatic rings. The van der Waals surface area contributed by atoms with E-state index in [1.807, 2.05) is 0 Å². The molecule has 0 aliphatic rings. The van der Waals surface area contributed by atoms with Crippen molar-refractivity contribution in [2.24, 2.45) is 0 Å². The number of benzene rings is 3. The highest BCUT2D eigenvalue weighted by atomic mass is 79.9. The lowest BCUT2D eigenvalue weighted by Gasteiger charge is -2.10. The van der Waals surface area contributed by atoms with Crippen LogP contribution in [0.25, 0.3) is 22.6 Å². The minimum Gasteiger partial charge on any atom is -0.267 e. The van der Waals surface area contributed by atoms with Gasteiger partial charge in [0.05, 0.1) is 22.6 Å². The number of aromatic nitrogens is 2. The monoisotopic (exact) mass is 536 g/mol. The molecule has 0 radical (unpaired) electrons. The lowest BCUT2D eigenvalue weighted by atomic mass is 10.1. The molecule has 0 spiro atoms. The van der Waals surface area contributed by atoms with E-state index < -0.39 is 11.7 Å². The number of halogens is 5. The Kier molecular flexibility index (Phi) is 5.46. The van der Waals surface area contributed by atoms with E-state index in [9.17, 15) is 18.0 Å². The van der Waals surface area contributed by atoms with Crippen molar-refractivity contribution >= 4 is 31.9 Å². The van der Waals surface area contributed by atoms with Crippen molar-refractivity contribution < 1.29 is 13.2 Å². The Labute approximate surface area is 186 Å². The fraction of sp³-hybridized carbons (Fsp3) is 0.0455. The molecule has 0 atom stereocenters. The highest BCUT2D eigenvalue weighted by Crippen LogP contribution is 2.33. The second-order valence-corrected chi connectivity index (χ2v) is 8.37. The normalized spacial score (nSPS) is 11.6. The summed E-state index contributed by atoms with van der Waals surface area (Å²) in [6.07, 6.45) is -2.92. The van der Waals surface area contributed by atoms with Crippen molar-refractivity contribution in [2.75, 3.05) is 0 Å². The van der Waals surface area contributed by atoms with Crippen LogP contribution in [-0.4, -0.2) is 9.13 Å². The fourth-order valence-electron chi connectivity index (χ4n) is 3.13. The van der Waals surface area contributed by atoms with Crippen molar-refractivity contribution in [1.82, 2.24) is 9.13 Å². The van der Waals surface area contributed by atoms with Gasteiger partial charge in [0.2, 0.25) is 0 Å². The van der Waals surface area contributed by atoms with Gasteiger partial charge in [0.1, 0.15) is 0 Å². The molecule has 0 fully saturated rings. The van der Waals surface area contributed by atoms with Crippen molar-refractivity contribution in [1.29, 1.82) is 0 Å². The standard InChI is InChI=1S/C22H13Br2F3N2O/c23-16-4-8-18(9-5-16)28-13-20(14-2-1-3-15(12-14)22(25,26)27)29(21(28)30)19-10-6-17(24)7-11-19/h1-13H. The minimum absolute atomic E-state index is 0.292. The summed E-state index contributed by atoms with van der Waals surface area (Å²) in [4.78, 5) is 13.3. The first-order valence-electron chi connectivity index (χ1n) is 8.78. The Balaban J connectivity index is 1.97. The van der Waals surface area contributed by atoms with Crippen LogP contribution in [0.15, 0.2) is 92.7 Å². The van der Waals surface area contributed by atoms with Crippen molar-refractivity contribution in [3.05, 3.63) is 104 Å². The van der Waals surface area contributed by atoms with Crippen molar-refractivity contribution in [3.8, 4) is 22.6 Å². The van der Waals surface area contributed by atoms with Gasteiger partial charge in [-0.05, 0) is 60.7 Å². The smallest absolute Gasteiger partial charge is 0.267 e. The number of hydrogen-bond acceptors (Lipinski definition) is 1. The Morgan fingerprint density at radius 3 is 1.90 bits per heavy atom. The first kappa shape index (κ1) is 20.7. The molecule has 3 aromatic carbocycles. The maximum atomic E-state index is 13.3. The zero-order valence-electron chi connectivity index (χ0n) is 15.2. The summed E-state index contributed by atoms with van der Waals surface area (Å²) in [5.41, 5.74) is 0.647. The first-order chi connectivity index (χ1) is 14.2. The molecular formula is C22H13Br2F3N2O. The van der Waals surface area contributed by atoms with Gasteiger partial charge in [-0.2, -0.15) is 13.2 Å². The second-order valence-electron chi connectivity index (χ2n) is 6.53. The van der Waals surface area contributed by atoms with Crippen LogP contribution < -0.4 is 5.69 Å². The van der Waals surface area contributed by atoms with Crippen LogP contribution in [0.1, 0.15) is 5.56 Å². The Bertz CT molecular complexity index is 1260. The van der Waals surface area contributed by atoms with Gasteiger partial charge in [0.15, 0.2) is 0 Å². The first-order valence-corrected chi connectivity index (χ1v) is 10.4. The summed E-state index contributed by atoms with van der Waals surface area (Å²) >= 11 is 6.72. The van der Waals surface area contributed by atoms with Crippen LogP contribution in [-0.2, 0) is 6.18 Å². The molecule has 0 unspecified atom stereocenters. The zero-order chi connectivity index (χ0) is 21.5. The van der Waals surface area contributed by atoms with E-state index in [1.54, 1.807) is 60.8 Å². The summed E-state index contributed by atoms with van der Waals surface area (Å²) in [6.45, 7) is 0. The molecule has 0 amide bonds. The van der Waals surface area contributed by atoms with E-state index in [0.717, 1.165) is 21.1 Å². The van der Waals surface area contributed by atoms with Crippen molar-refractivity contribution in [2.45, 2.75) is 6.18 Å². The molecule has 0 N–H and O–H groups in total. The third-order valence-electron chi connectivity index (χ3n) is 4.56. The lowest BCUT2D eigenvalue weighted by Crippen LogP contribution is -2.22. The topological polar surface area (TPSA) is 26.9 Å². The summed E-state index contributed by atoms with van der Waals surface area (Å²) in [7, 11) is 0. The van der Waals surface area contributed by atoms with Crippen LogP contribution in [0.3, 0.4) is 0 Å². The average molecular weight is 538 g/mol. The quantitative estimate of drug-likeness (QED) is 0.281. The number of alkyl halides is 3. The van der Waals surface area contributed by atoms with Gasteiger partial charge in [-0.15, -0.1) is 0 Å². The van der Waals surface area contributed by atoms with Crippen LogP contribution in [0.4, 0.5) is 13.2 Å². The third kappa shape index (κ3) is 4.02. The Morgan fingerprint density at radius 2 is 1.33 bits per heavy atom. The number of hydrogen-bond donors (Lipinski definition) is 0. The van der Waals surface area contributed by atoms with Gasteiger partial charge in [0.25, 0.3) is 0 Å². The minimum atomic E-state index is -4.48. The van der Waals surface area contributed by atoms with E-state index in [1.165, 1.54) is 15.2 Å². The highest BCUT2D eigenvalue weighted by molar-refractivity contribution is 9.10. The maximum absolute atomic E-state index is 13.3. The maximum Gasteiger partial charge on any atom is 0.416 e. The summed E-state index contributed by atoms with van der Waals surface area (Å²) in [5, 5.41) is 0. The van der Waals surface area contributed by atoms with Gasteiger partial charge in [-0.1, -0.05) is 44.0 Å². The Hall–Kier alpha value is -2.58. The lowest BCUT2D eigenvalue weighted by molar-refractivity contribution is -0.137. The molecule has 0 saturated carbocycles. The largest absolute Gasteiger partial charge is 0.416 e. The van der Waals surface area contributed by atoms with Crippen LogP contribution in [0, 0.1) is 0 Å². The molecule has 1 heterocycles. The highest BCUT2D eigenvalue weighted by Gasteiger charge is 2.31. The van der Waals surface area contributed by atoms with E-state index in [2.05, 4.69) is 31.9 Å². The van der Waals surface area contributed by atoms with Crippen molar-refractivity contribution in [3.63, 3.8) is 0 Å². The molecule has 0 bridgehead atoms. The molecule has 152 valence electrons. The second kappa shape index (κ2) is 7.92. The van der Waals surface area contributed by atoms with Crippen LogP contribution in [0.5, 0.6) is 0 Å². The van der Waals surface area contributed by atoms with E-state index >= 15 is 0 Å². The molecule has 0 saturated heterocycles. The van der Waals surface area contributed by atoms with Gasteiger partial charge in [0, 0.05) is 20.7 Å². The molecule has 0 aliphatic carbocycles. The predicted molar refractivity (Wildman–Crippen MR) is 117 cm³/mol. The predicted octanol–water partition coefficient (Wildman–Crippen LogP) is 6.84. The average Bonchev–Trinajstić information content (AvgIpc) is 3.06.